The third kappa shape index (κ3) is 3.32. The van der Waals surface area contributed by atoms with Gasteiger partial charge in [-0.1, -0.05) is 0 Å². The van der Waals surface area contributed by atoms with Gasteiger partial charge in [-0.15, -0.1) is 11.3 Å². The lowest BCUT2D eigenvalue weighted by molar-refractivity contribution is -0.139. The van der Waals surface area contributed by atoms with Crippen LogP contribution >= 0.6 is 11.3 Å². The number of hydrogen-bond donors (Lipinski definition) is 1. The van der Waals surface area contributed by atoms with E-state index in [1.54, 1.807) is 24.5 Å². The summed E-state index contributed by atoms with van der Waals surface area (Å²) in [6.45, 7) is 3.91. The van der Waals surface area contributed by atoms with Crippen LogP contribution < -0.4 is 5.32 Å². The van der Waals surface area contributed by atoms with E-state index in [2.05, 4.69) is 10.3 Å². The number of carbonyl (C=O) groups is 2. The van der Waals surface area contributed by atoms with E-state index in [-0.39, 0.29) is 17.9 Å². The van der Waals surface area contributed by atoms with E-state index in [1.807, 2.05) is 10.3 Å². The van der Waals surface area contributed by atoms with Gasteiger partial charge in [0.05, 0.1) is 6.04 Å². The molecule has 6 heteroatoms. The molecule has 2 atom stereocenters. The van der Waals surface area contributed by atoms with Crippen molar-refractivity contribution in [3.63, 3.8) is 0 Å². The third-order valence-electron chi connectivity index (χ3n) is 3.31. The van der Waals surface area contributed by atoms with E-state index < -0.39 is 6.04 Å². The molecule has 2 amide bonds. The fourth-order valence-corrected chi connectivity index (χ4v) is 3.25. The monoisotopic (exact) mass is 281 g/mol. The van der Waals surface area contributed by atoms with Crippen LogP contribution in [-0.2, 0) is 9.59 Å². The number of rotatable bonds is 3. The van der Waals surface area contributed by atoms with Gasteiger partial charge in [0.25, 0.3) is 0 Å². The number of piperidine rings is 1. The lowest BCUT2D eigenvalue weighted by Crippen LogP contribution is -2.49. The quantitative estimate of drug-likeness (QED) is 0.917. The van der Waals surface area contributed by atoms with Gasteiger partial charge in [0.1, 0.15) is 11.0 Å². The first-order valence-electron chi connectivity index (χ1n) is 6.56. The predicted molar refractivity (Wildman–Crippen MR) is 73.7 cm³/mol. The summed E-state index contributed by atoms with van der Waals surface area (Å²) >= 11 is 1.58. The summed E-state index contributed by atoms with van der Waals surface area (Å²) in [5.74, 6) is -0.196. The molecule has 1 fully saturated rings. The highest BCUT2D eigenvalue weighted by Crippen LogP contribution is 2.32. The molecule has 0 aliphatic carbocycles. The van der Waals surface area contributed by atoms with Gasteiger partial charge in [-0.25, -0.2) is 4.98 Å². The molecule has 104 valence electrons. The van der Waals surface area contributed by atoms with Crippen molar-refractivity contribution in [3.05, 3.63) is 16.6 Å². The summed E-state index contributed by atoms with van der Waals surface area (Å²) in [6, 6.07) is -0.407. The summed E-state index contributed by atoms with van der Waals surface area (Å²) < 4.78 is 0. The Labute approximate surface area is 117 Å². The van der Waals surface area contributed by atoms with Crippen LogP contribution in [0.5, 0.6) is 0 Å². The van der Waals surface area contributed by atoms with Crippen molar-refractivity contribution in [2.45, 2.75) is 45.2 Å². The van der Waals surface area contributed by atoms with Crippen LogP contribution in [0.4, 0.5) is 0 Å². The summed E-state index contributed by atoms with van der Waals surface area (Å²) in [5.41, 5.74) is 0. The number of thiazole rings is 1. The first-order valence-corrected chi connectivity index (χ1v) is 7.44. The Bertz CT molecular complexity index is 447. The van der Waals surface area contributed by atoms with Crippen molar-refractivity contribution in [1.29, 1.82) is 0 Å². The maximum atomic E-state index is 12.4. The van der Waals surface area contributed by atoms with Gasteiger partial charge in [0.2, 0.25) is 11.8 Å². The molecule has 1 aliphatic heterocycles. The summed E-state index contributed by atoms with van der Waals surface area (Å²) in [6.07, 6.45) is 4.85. The first kappa shape index (κ1) is 14.0. The Balaban J connectivity index is 2.11. The number of nitrogens with zero attached hydrogens (tertiary/aromatic N) is 2. The molecule has 1 saturated heterocycles. The standard InChI is InChI=1S/C13H19N3O2S/c1-9(15-10(2)17)13(18)16-7-4-3-5-11(16)12-14-6-8-19-12/h6,8-9,11H,3-5,7H2,1-2H3,(H,15,17)/t9-,11-/m0/s1. The molecule has 2 rings (SSSR count). The van der Waals surface area contributed by atoms with E-state index >= 15 is 0 Å². The minimum Gasteiger partial charge on any atom is -0.345 e. The maximum Gasteiger partial charge on any atom is 0.245 e. The average molecular weight is 281 g/mol. The van der Waals surface area contributed by atoms with E-state index in [0.717, 1.165) is 30.8 Å². The van der Waals surface area contributed by atoms with Crippen LogP contribution in [0.25, 0.3) is 0 Å². The van der Waals surface area contributed by atoms with Crippen LogP contribution in [0.3, 0.4) is 0 Å². The van der Waals surface area contributed by atoms with Gasteiger partial charge in [0, 0.05) is 25.0 Å². The number of nitrogens with one attached hydrogen (secondary N) is 1. The summed E-state index contributed by atoms with van der Waals surface area (Å²) in [4.78, 5) is 29.7. The highest BCUT2D eigenvalue weighted by molar-refractivity contribution is 7.09. The van der Waals surface area contributed by atoms with Crippen molar-refractivity contribution in [2.24, 2.45) is 0 Å². The van der Waals surface area contributed by atoms with E-state index in [9.17, 15) is 9.59 Å². The molecule has 1 aromatic rings. The zero-order chi connectivity index (χ0) is 13.8. The van der Waals surface area contributed by atoms with Crippen LogP contribution in [0.15, 0.2) is 11.6 Å². The second-order valence-electron chi connectivity index (χ2n) is 4.84. The fraction of sp³-hybridized carbons (Fsp3) is 0.615. The van der Waals surface area contributed by atoms with Crippen molar-refractivity contribution >= 4 is 23.2 Å². The van der Waals surface area contributed by atoms with Crippen molar-refractivity contribution in [1.82, 2.24) is 15.2 Å². The van der Waals surface area contributed by atoms with Gasteiger partial charge < -0.3 is 10.2 Å². The molecule has 1 N–H and O–H groups in total. The smallest absolute Gasteiger partial charge is 0.245 e. The molecule has 0 saturated carbocycles. The number of likely N-dealkylation sites (tertiary alicyclic amines) is 1. The Morgan fingerprint density at radius 3 is 2.95 bits per heavy atom. The van der Waals surface area contributed by atoms with Crippen LogP contribution in [0, 0.1) is 0 Å². The van der Waals surface area contributed by atoms with Gasteiger partial charge in [-0.05, 0) is 26.2 Å². The molecule has 2 heterocycles. The average Bonchev–Trinajstić information content (AvgIpc) is 2.91. The van der Waals surface area contributed by atoms with Crippen LogP contribution in [0.1, 0.15) is 44.2 Å². The molecule has 1 aromatic heterocycles. The lowest BCUT2D eigenvalue weighted by atomic mass is 10.0. The number of aromatic nitrogens is 1. The number of amides is 2. The zero-order valence-electron chi connectivity index (χ0n) is 11.3. The summed E-state index contributed by atoms with van der Waals surface area (Å²) in [5, 5.41) is 5.58. The van der Waals surface area contributed by atoms with Crippen molar-refractivity contribution in [3.8, 4) is 0 Å². The molecular weight excluding hydrogens is 262 g/mol. The third-order valence-corrected chi connectivity index (χ3v) is 4.19. The molecular formula is C13H19N3O2S. The Morgan fingerprint density at radius 1 is 1.53 bits per heavy atom. The fourth-order valence-electron chi connectivity index (χ4n) is 2.47. The molecule has 0 unspecified atom stereocenters. The van der Waals surface area contributed by atoms with E-state index in [0.29, 0.717) is 0 Å². The van der Waals surface area contributed by atoms with Gasteiger partial charge in [0.15, 0.2) is 0 Å². The molecule has 0 aromatic carbocycles. The SMILES string of the molecule is CC(=O)N[C@@H](C)C(=O)N1CCCC[C@H]1c1nccs1. The molecule has 5 nitrogen and oxygen atoms in total. The summed E-state index contributed by atoms with van der Waals surface area (Å²) in [7, 11) is 0. The molecule has 0 spiro atoms. The number of carbonyl (C=O) groups excluding carboxylic acids is 2. The lowest BCUT2D eigenvalue weighted by Gasteiger charge is -2.36. The molecule has 19 heavy (non-hydrogen) atoms. The highest BCUT2D eigenvalue weighted by Gasteiger charge is 2.32. The minimum absolute atomic E-state index is 0.0184. The van der Waals surface area contributed by atoms with Gasteiger partial charge in [-0.3, -0.25) is 9.59 Å². The van der Waals surface area contributed by atoms with Crippen molar-refractivity contribution < 1.29 is 9.59 Å². The minimum atomic E-state index is -0.474. The highest BCUT2D eigenvalue weighted by atomic mass is 32.1. The van der Waals surface area contributed by atoms with Crippen molar-refractivity contribution in [2.75, 3.05) is 6.54 Å². The topological polar surface area (TPSA) is 62.3 Å². The first-order chi connectivity index (χ1) is 9.09. The Morgan fingerprint density at radius 2 is 2.32 bits per heavy atom. The van der Waals surface area contributed by atoms with Gasteiger partial charge in [-0.2, -0.15) is 0 Å². The Hall–Kier alpha value is -1.43. The number of hydrogen-bond acceptors (Lipinski definition) is 4. The second-order valence-corrected chi connectivity index (χ2v) is 5.76. The molecule has 0 radical (unpaired) electrons. The second kappa shape index (κ2) is 6.14. The van der Waals surface area contributed by atoms with E-state index in [4.69, 9.17) is 0 Å². The largest absolute Gasteiger partial charge is 0.345 e. The Kier molecular flexibility index (Phi) is 4.52. The molecule has 0 bridgehead atoms. The zero-order valence-corrected chi connectivity index (χ0v) is 12.1. The molecule has 1 aliphatic rings. The van der Waals surface area contributed by atoms with Gasteiger partial charge >= 0.3 is 0 Å². The van der Waals surface area contributed by atoms with E-state index in [1.165, 1.54) is 6.92 Å². The van der Waals surface area contributed by atoms with Crippen LogP contribution in [-0.4, -0.2) is 34.3 Å². The normalized spacial score (nSPS) is 20.9. The maximum absolute atomic E-state index is 12.4. The predicted octanol–water partition coefficient (Wildman–Crippen LogP) is 1.72. The van der Waals surface area contributed by atoms with Crippen LogP contribution in [0.2, 0.25) is 0 Å².